The van der Waals surface area contributed by atoms with Crippen LogP contribution in [-0.2, 0) is 18.9 Å². The lowest BCUT2D eigenvalue weighted by atomic mass is 9.90. The van der Waals surface area contributed by atoms with Gasteiger partial charge in [-0.05, 0) is 39.8 Å². The molecule has 4 atom stereocenters. The molecule has 0 aromatic heterocycles. The van der Waals surface area contributed by atoms with Crippen LogP contribution < -0.4 is 0 Å². The van der Waals surface area contributed by atoms with E-state index >= 15 is 0 Å². The highest BCUT2D eigenvalue weighted by Crippen LogP contribution is 2.42. The molecule has 2 aliphatic rings. The third kappa shape index (κ3) is 4.81. The summed E-state index contributed by atoms with van der Waals surface area (Å²) in [6.07, 6.45) is 0.332. The second-order valence-corrected chi connectivity index (χ2v) is 14.7. The van der Waals surface area contributed by atoms with Gasteiger partial charge in [0.05, 0.1) is 6.61 Å². The van der Waals surface area contributed by atoms with Crippen molar-refractivity contribution >= 4 is 19.7 Å². The molecule has 0 aromatic rings. The van der Waals surface area contributed by atoms with Gasteiger partial charge in [-0.2, -0.15) is 0 Å². The molecule has 0 bridgehead atoms. The molecule has 24 heavy (non-hydrogen) atoms. The first-order valence-electron chi connectivity index (χ1n) is 8.44. The Morgan fingerprint density at radius 1 is 1.08 bits per heavy atom. The predicted octanol–water partition coefficient (Wildman–Crippen LogP) is 3.48. The fourth-order valence-electron chi connectivity index (χ4n) is 3.55. The standard InChI is InChI=1S/C17H31ClO5Si/c1-15(2)20-10-17(19,11-24(5,6)7)14(23-15)13-12(8-9-18)21-16(3,4)22-13/h8-9,12-14,19H,10-11H2,1-7H3/b9-8+/t12-,13-,14+,17?/m1/s1. The van der Waals surface area contributed by atoms with Crippen molar-refractivity contribution in [3.63, 3.8) is 0 Å². The van der Waals surface area contributed by atoms with Gasteiger partial charge in [-0.1, -0.05) is 31.2 Å². The van der Waals surface area contributed by atoms with Crippen LogP contribution in [0.15, 0.2) is 11.6 Å². The fraction of sp³-hybridized carbons (Fsp3) is 0.882. The van der Waals surface area contributed by atoms with Crippen molar-refractivity contribution in [1.29, 1.82) is 0 Å². The lowest BCUT2D eigenvalue weighted by Gasteiger charge is -2.50. The Hall–Kier alpha value is 0.0469. The van der Waals surface area contributed by atoms with Gasteiger partial charge in [0.15, 0.2) is 11.6 Å². The summed E-state index contributed by atoms with van der Waals surface area (Å²) < 4.78 is 24.0. The molecule has 0 radical (unpaired) electrons. The zero-order chi connectivity index (χ0) is 18.4. The van der Waals surface area contributed by atoms with E-state index < -0.39 is 37.5 Å². The summed E-state index contributed by atoms with van der Waals surface area (Å²) in [5.41, 5.74) is 0.303. The minimum Gasteiger partial charge on any atom is -0.385 e. The summed E-state index contributed by atoms with van der Waals surface area (Å²) in [7, 11) is -1.58. The largest absolute Gasteiger partial charge is 0.385 e. The Balaban J connectivity index is 2.36. The molecule has 0 spiro atoms. The van der Waals surface area contributed by atoms with E-state index in [1.54, 1.807) is 6.08 Å². The second-order valence-electron chi connectivity index (χ2n) is 8.95. The molecule has 0 aromatic carbocycles. The first-order chi connectivity index (χ1) is 10.8. The van der Waals surface area contributed by atoms with Gasteiger partial charge >= 0.3 is 0 Å². The number of ether oxygens (including phenoxy) is 4. The highest BCUT2D eigenvalue weighted by Gasteiger charge is 2.57. The van der Waals surface area contributed by atoms with Crippen molar-refractivity contribution < 1.29 is 24.1 Å². The summed E-state index contributed by atoms with van der Waals surface area (Å²) in [5, 5.41) is 11.4. The monoisotopic (exact) mass is 378 g/mol. The molecular weight excluding hydrogens is 348 g/mol. The van der Waals surface area contributed by atoms with Gasteiger partial charge in [0.25, 0.3) is 0 Å². The maximum atomic E-state index is 11.4. The summed E-state index contributed by atoms with van der Waals surface area (Å²) in [4.78, 5) is 0. The molecule has 140 valence electrons. The molecule has 0 amide bonds. The van der Waals surface area contributed by atoms with E-state index in [0.717, 1.165) is 0 Å². The van der Waals surface area contributed by atoms with Crippen molar-refractivity contribution in [3.8, 4) is 0 Å². The predicted molar refractivity (Wildman–Crippen MR) is 96.8 cm³/mol. The molecule has 1 N–H and O–H groups in total. The zero-order valence-electron chi connectivity index (χ0n) is 15.8. The number of rotatable bonds is 4. The van der Waals surface area contributed by atoms with Gasteiger partial charge in [0.1, 0.15) is 23.9 Å². The summed E-state index contributed by atoms with van der Waals surface area (Å²) >= 11 is 5.78. The SMILES string of the molecule is CC1(C)O[C@@H]([C@@H]2OC(C)(C)OCC2(O)C[Si](C)(C)C)[C@@H](/C=C/Cl)O1. The molecule has 2 heterocycles. The Labute approximate surface area is 151 Å². The molecule has 2 aliphatic heterocycles. The van der Waals surface area contributed by atoms with Crippen molar-refractivity contribution in [2.45, 2.75) is 88.9 Å². The smallest absolute Gasteiger partial charge is 0.164 e. The van der Waals surface area contributed by atoms with Crippen LogP contribution in [0.1, 0.15) is 27.7 Å². The highest BCUT2D eigenvalue weighted by atomic mass is 35.5. The van der Waals surface area contributed by atoms with E-state index in [4.69, 9.17) is 30.5 Å². The number of halogens is 1. The van der Waals surface area contributed by atoms with E-state index in [-0.39, 0.29) is 12.7 Å². The van der Waals surface area contributed by atoms with Gasteiger partial charge < -0.3 is 24.1 Å². The minimum absolute atomic E-state index is 0.215. The van der Waals surface area contributed by atoms with Crippen LogP contribution in [0, 0.1) is 0 Å². The summed E-state index contributed by atoms with van der Waals surface area (Å²) in [6, 6.07) is 0.651. The zero-order valence-corrected chi connectivity index (χ0v) is 17.5. The molecule has 5 nitrogen and oxygen atoms in total. The molecule has 0 saturated carbocycles. The Bertz CT molecular complexity index is 488. The third-order valence-electron chi connectivity index (χ3n) is 4.17. The second kappa shape index (κ2) is 6.65. The third-order valence-corrected chi connectivity index (χ3v) is 5.99. The molecule has 2 saturated heterocycles. The van der Waals surface area contributed by atoms with E-state index in [9.17, 15) is 5.11 Å². The van der Waals surface area contributed by atoms with E-state index in [1.807, 2.05) is 27.7 Å². The van der Waals surface area contributed by atoms with E-state index in [0.29, 0.717) is 6.04 Å². The average Bonchev–Trinajstić information content (AvgIpc) is 2.66. The molecule has 2 fully saturated rings. The van der Waals surface area contributed by atoms with E-state index in [2.05, 4.69) is 19.6 Å². The van der Waals surface area contributed by atoms with Gasteiger partial charge in [0.2, 0.25) is 0 Å². The number of aliphatic hydroxyl groups is 1. The normalized spacial score (nSPS) is 39.5. The molecule has 0 aliphatic carbocycles. The summed E-state index contributed by atoms with van der Waals surface area (Å²) in [6.45, 7) is 14.3. The maximum absolute atomic E-state index is 11.4. The van der Waals surface area contributed by atoms with Crippen molar-refractivity contribution in [2.24, 2.45) is 0 Å². The van der Waals surface area contributed by atoms with Crippen LogP contribution in [0.2, 0.25) is 25.7 Å². The van der Waals surface area contributed by atoms with Crippen LogP contribution in [-0.4, -0.2) is 55.3 Å². The molecule has 7 heteroatoms. The lowest BCUT2D eigenvalue weighted by molar-refractivity contribution is -0.347. The van der Waals surface area contributed by atoms with Crippen LogP contribution in [0.25, 0.3) is 0 Å². The topological polar surface area (TPSA) is 57.2 Å². The first kappa shape index (κ1) is 20.4. The van der Waals surface area contributed by atoms with Crippen LogP contribution in [0.4, 0.5) is 0 Å². The lowest BCUT2D eigenvalue weighted by Crippen LogP contribution is -2.64. The summed E-state index contributed by atoms with van der Waals surface area (Å²) in [5.74, 6) is -1.56. The first-order valence-corrected chi connectivity index (χ1v) is 12.6. The Kier molecular flexibility index (Phi) is 5.64. The van der Waals surface area contributed by atoms with Crippen LogP contribution in [0.5, 0.6) is 0 Å². The van der Waals surface area contributed by atoms with Gasteiger partial charge in [0, 0.05) is 13.6 Å². The van der Waals surface area contributed by atoms with Crippen molar-refractivity contribution in [1.82, 2.24) is 0 Å². The number of hydrogen-bond acceptors (Lipinski definition) is 5. The van der Waals surface area contributed by atoms with Gasteiger partial charge in [-0.3, -0.25) is 0 Å². The van der Waals surface area contributed by atoms with Crippen LogP contribution in [0.3, 0.4) is 0 Å². The Morgan fingerprint density at radius 2 is 1.71 bits per heavy atom. The van der Waals surface area contributed by atoms with Crippen molar-refractivity contribution in [3.05, 3.63) is 11.6 Å². The van der Waals surface area contributed by atoms with E-state index in [1.165, 1.54) is 5.54 Å². The molecule has 2 rings (SSSR count). The maximum Gasteiger partial charge on any atom is 0.164 e. The molecular formula is C17H31ClO5Si. The quantitative estimate of drug-likeness (QED) is 0.759. The average molecular weight is 379 g/mol. The fourth-order valence-corrected chi connectivity index (χ4v) is 5.83. The highest BCUT2D eigenvalue weighted by molar-refractivity contribution is 6.76. The number of hydrogen-bond donors (Lipinski definition) is 1. The van der Waals surface area contributed by atoms with Gasteiger partial charge in [-0.15, -0.1) is 0 Å². The minimum atomic E-state index is -1.58. The molecule has 1 unspecified atom stereocenters. The van der Waals surface area contributed by atoms with Crippen LogP contribution >= 0.6 is 11.6 Å². The Morgan fingerprint density at radius 3 is 2.25 bits per heavy atom. The van der Waals surface area contributed by atoms with Gasteiger partial charge in [-0.25, -0.2) is 0 Å². The van der Waals surface area contributed by atoms with Crippen molar-refractivity contribution in [2.75, 3.05) is 6.61 Å².